The fraction of sp³-hybridized carbons (Fsp3) is 0.571. The van der Waals surface area contributed by atoms with Gasteiger partial charge in [-0.25, -0.2) is 0 Å². The van der Waals surface area contributed by atoms with Crippen LogP contribution in [0.2, 0.25) is 5.02 Å². The van der Waals surface area contributed by atoms with Crippen molar-refractivity contribution in [2.75, 3.05) is 52.4 Å². The summed E-state index contributed by atoms with van der Waals surface area (Å²) in [6.07, 6.45) is 2.67. The summed E-state index contributed by atoms with van der Waals surface area (Å²) in [4.78, 5) is 9.59. The molecule has 0 radical (unpaired) electrons. The standard InChI is InChI=1S/C21H32ClN7O/c1-3-20-26-25-17-29(20)10-9-24-21(23-4-2)28-13-11-27(12-14-28)15-16-30-19-7-5-18(22)6-8-19/h5-8,17H,3-4,9-16H2,1-2H3,(H,23,24). The number of aryl methyl sites for hydroxylation is 1. The molecule has 3 rings (SSSR count). The second-order valence-electron chi connectivity index (χ2n) is 7.16. The Morgan fingerprint density at radius 3 is 2.60 bits per heavy atom. The van der Waals surface area contributed by atoms with Crippen LogP contribution in [-0.4, -0.2) is 82.9 Å². The average molecular weight is 434 g/mol. The third kappa shape index (κ3) is 6.60. The van der Waals surface area contributed by atoms with Gasteiger partial charge in [-0.05, 0) is 31.2 Å². The molecule has 1 N–H and O–H groups in total. The van der Waals surface area contributed by atoms with Crippen molar-refractivity contribution in [2.24, 2.45) is 4.99 Å². The Bertz CT molecular complexity index is 785. The van der Waals surface area contributed by atoms with Gasteiger partial charge in [-0.1, -0.05) is 18.5 Å². The van der Waals surface area contributed by atoms with Crippen molar-refractivity contribution in [3.63, 3.8) is 0 Å². The zero-order valence-electron chi connectivity index (χ0n) is 17.9. The van der Waals surface area contributed by atoms with E-state index in [2.05, 4.69) is 43.7 Å². The maximum absolute atomic E-state index is 5.91. The molecule has 0 bridgehead atoms. The molecule has 0 aliphatic carbocycles. The molecule has 164 valence electrons. The third-order valence-corrected chi connectivity index (χ3v) is 5.36. The molecule has 2 heterocycles. The zero-order valence-corrected chi connectivity index (χ0v) is 18.7. The predicted molar refractivity (Wildman–Crippen MR) is 120 cm³/mol. The number of nitrogens with one attached hydrogen (secondary N) is 1. The minimum atomic E-state index is 0.675. The SMILES string of the molecule is CCNC(=NCCn1cnnc1CC)N1CCN(CCOc2ccc(Cl)cc2)CC1. The zero-order chi connectivity index (χ0) is 21.2. The van der Waals surface area contributed by atoms with Crippen molar-refractivity contribution >= 4 is 17.6 Å². The van der Waals surface area contributed by atoms with Crippen LogP contribution in [0.4, 0.5) is 0 Å². The quantitative estimate of drug-likeness (QED) is 0.482. The van der Waals surface area contributed by atoms with Gasteiger partial charge in [0.2, 0.25) is 0 Å². The van der Waals surface area contributed by atoms with E-state index in [1.807, 2.05) is 24.3 Å². The summed E-state index contributed by atoms with van der Waals surface area (Å²) in [6, 6.07) is 7.51. The van der Waals surface area contributed by atoms with Crippen LogP contribution in [0.3, 0.4) is 0 Å². The number of hydrogen-bond donors (Lipinski definition) is 1. The first-order valence-electron chi connectivity index (χ1n) is 10.7. The number of aliphatic imine (C=N–C) groups is 1. The highest BCUT2D eigenvalue weighted by atomic mass is 35.5. The molecule has 8 nitrogen and oxygen atoms in total. The maximum Gasteiger partial charge on any atom is 0.194 e. The third-order valence-electron chi connectivity index (χ3n) is 5.11. The lowest BCUT2D eigenvalue weighted by Crippen LogP contribution is -2.53. The Balaban J connectivity index is 1.42. The monoisotopic (exact) mass is 433 g/mol. The van der Waals surface area contributed by atoms with Gasteiger partial charge in [-0.15, -0.1) is 10.2 Å². The minimum absolute atomic E-state index is 0.675. The van der Waals surface area contributed by atoms with Gasteiger partial charge in [0.25, 0.3) is 0 Å². The summed E-state index contributed by atoms with van der Waals surface area (Å²) in [5.74, 6) is 2.85. The van der Waals surface area contributed by atoms with Crippen LogP contribution in [0.5, 0.6) is 5.75 Å². The summed E-state index contributed by atoms with van der Waals surface area (Å²) < 4.78 is 7.90. The Kier molecular flexibility index (Phi) is 8.77. The molecular formula is C21H32ClN7O. The number of ether oxygens (including phenoxy) is 1. The summed E-state index contributed by atoms with van der Waals surface area (Å²) >= 11 is 5.91. The highest BCUT2D eigenvalue weighted by molar-refractivity contribution is 6.30. The number of aromatic nitrogens is 3. The van der Waals surface area contributed by atoms with E-state index in [9.17, 15) is 0 Å². The summed E-state index contributed by atoms with van der Waals surface area (Å²) in [6.45, 7) is 12.1. The predicted octanol–water partition coefficient (Wildman–Crippen LogP) is 2.16. The number of piperazine rings is 1. The van der Waals surface area contributed by atoms with Gasteiger partial charge < -0.3 is 19.5 Å². The molecule has 1 aromatic heterocycles. The van der Waals surface area contributed by atoms with Crippen LogP contribution in [0.15, 0.2) is 35.6 Å². The van der Waals surface area contributed by atoms with E-state index in [0.717, 1.165) is 74.8 Å². The van der Waals surface area contributed by atoms with Gasteiger partial charge in [-0.3, -0.25) is 9.89 Å². The molecule has 1 saturated heterocycles. The number of rotatable bonds is 9. The van der Waals surface area contributed by atoms with E-state index in [1.54, 1.807) is 6.33 Å². The molecule has 1 fully saturated rings. The van der Waals surface area contributed by atoms with Crippen LogP contribution >= 0.6 is 11.6 Å². The highest BCUT2D eigenvalue weighted by Gasteiger charge is 2.19. The van der Waals surface area contributed by atoms with Gasteiger partial charge in [-0.2, -0.15) is 0 Å². The van der Waals surface area contributed by atoms with E-state index in [1.165, 1.54) is 0 Å². The summed E-state index contributed by atoms with van der Waals surface area (Å²) in [5, 5.41) is 12.3. The van der Waals surface area contributed by atoms with E-state index < -0.39 is 0 Å². The Morgan fingerprint density at radius 1 is 1.13 bits per heavy atom. The van der Waals surface area contributed by atoms with Crippen molar-refractivity contribution in [3.8, 4) is 5.75 Å². The summed E-state index contributed by atoms with van der Waals surface area (Å²) in [7, 11) is 0. The fourth-order valence-corrected chi connectivity index (χ4v) is 3.56. The van der Waals surface area contributed by atoms with E-state index in [-0.39, 0.29) is 0 Å². The van der Waals surface area contributed by atoms with Crippen molar-refractivity contribution in [1.82, 2.24) is 29.9 Å². The number of hydrogen-bond acceptors (Lipinski definition) is 5. The molecule has 0 atom stereocenters. The van der Waals surface area contributed by atoms with Crippen LogP contribution in [0, 0.1) is 0 Å². The summed E-state index contributed by atoms with van der Waals surface area (Å²) in [5.41, 5.74) is 0. The second kappa shape index (κ2) is 11.8. The molecular weight excluding hydrogens is 402 g/mol. The van der Waals surface area contributed by atoms with Crippen LogP contribution in [0.1, 0.15) is 19.7 Å². The van der Waals surface area contributed by atoms with Crippen LogP contribution < -0.4 is 10.1 Å². The fourth-order valence-electron chi connectivity index (χ4n) is 3.44. The molecule has 2 aromatic rings. The van der Waals surface area contributed by atoms with Crippen LogP contribution in [0.25, 0.3) is 0 Å². The van der Waals surface area contributed by atoms with Gasteiger partial charge in [0.15, 0.2) is 5.96 Å². The Labute approximate surface area is 183 Å². The van der Waals surface area contributed by atoms with Crippen molar-refractivity contribution in [1.29, 1.82) is 0 Å². The molecule has 1 aliphatic rings. The van der Waals surface area contributed by atoms with Crippen LogP contribution in [-0.2, 0) is 13.0 Å². The largest absolute Gasteiger partial charge is 0.492 e. The number of benzene rings is 1. The normalized spacial score (nSPS) is 15.4. The first-order valence-corrected chi connectivity index (χ1v) is 11.1. The lowest BCUT2D eigenvalue weighted by molar-refractivity contribution is 0.152. The first kappa shape index (κ1) is 22.4. The van der Waals surface area contributed by atoms with Gasteiger partial charge in [0.05, 0.1) is 6.54 Å². The van der Waals surface area contributed by atoms with E-state index in [4.69, 9.17) is 21.3 Å². The van der Waals surface area contributed by atoms with E-state index in [0.29, 0.717) is 13.2 Å². The van der Waals surface area contributed by atoms with Gasteiger partial charge >= 0.3 is 0 Å². The molecule has 0 spiro atoms. The average Bonchev–Trinajstić information content (AvgIpc) is 3.23. The molecule has 30 heavy (non-hydrogen) atoms. The maximum atomic E-state index is 5.91. The lowest BCUT2D eigenvalue weighted by Gasteiger charge is -2.36. The molecule has 0 amide bonds. The van der Waals surface area contributed by atoms with Gasteiger partial charge in [0.1, 0.15) is 24.5 Å². The number of halogens is 1. The van der Waals surface area contributed by atoms with Gasteiger partial charge in [0, 0.05) is 57.3 Å². The molecule has 1 aromatic carbocycles. The minimum Gasteiger partial charge on any atom is -0.492 e. The second-order valence-corrected chi connectivity index (χ2v) is 7.60. The Hall–Kier alpha value is -2.32. The first-order chi connectivity index (χ1) is 14.7. The highest BCUT2D eigenvalue weighted by Crippen LogP contribution is 2.15. The number of guanidine groups is 1. The molecule has 9 heteroatoms. The molecule has 1 aliphatic heterocycles. The van der Waals surface area contributed by atoms with Crippen molar-refractivity contribution < 1.29 is 4.74 Å². The Morgan fingerprint density at radius 2 is 1.90 bits per heavy atom. The smallest absolute Gasteiger partial charge is 0.194 e. The van der Waals surface area contributed by atoms with E-state index >= 15 is 0 Å². The topological polar surface area (TPSA) is 70.8 Å². The number of nitrogens with zero attached hydrogens (tertiary/aromatic N) is 6. The molecule has 0 saturated carbocycles. The van der Waals surface area contributed by atoms with Crippen molar-refractivity contribution in [3.05, 3.63) is 41.4 Å². The molecule has 0 unspecified atom stereocenters. The van der Waals surface area contributed by atoms with Crippen molar-refractivity contribution in [2.45, 2.75) is 26.8 Å². The lowest BCUT2D eigenvalue weighted by atomic mass is 10.3.